The lowest BCUT2D eigenvalue weighted by atomic mass is 10.1. The van der Waals surface area contributed by atoms with Crippen LogP contribution in [0.1, 0.15) is 5.56 Å². The standard InChI is InChI=1S/C14H12F2N2O/c15-10-3-1-2-9(6-10)7-14(19)18-13-5-4-11(17)8-12(13)16/h1-6,8H,7,17H2,(H,18,19). The van der Waals surface area contributed by atoms with Crippen LogP contribution in [0.15, 0.2) is 42.5 Å². The summed E-state index contributed by atoms with van der Waals surface area (Å²) >= 11 is 0. The summed E-state index contributed by atoms with van der Waals surface area (Å²) < 4.78 is 26.4. The fraction of sp³-hybridized carbons (Fsp3) is 0.0714. The molecule has 0 bridgehead atoms. The fourth-order valence-electron chi connectivity index (χ4n) is 1.66. The smallest absolute Gasteiger partial charge is 0.228 e. The van der Waals surface area contributed by atoms with Crippen molar-refractivity contribution < 1.29 is 13.6 Å². The summed E-state index contributed by atoms with van der Waals surface area (Å²) in [5.41, 5.74) is 6.26. The molecule has 0 atom stereocenters. The van der Waals surface area contributed by atoms with Crippen LogP contribution in [-0.4, -0.2) is 5.91 Å². The molecule has 0 heterocycles. The number of anilines is 2. The van der Waals surface area contributed by atoms with E-state index in [1.807, 2.05) is 0 Å². The van der Waals surface area contributed by atoms with Crippen LogP contribution in [-0.2, 0) is 11.2 Å². The van der Waals surface area contributed by atoms with Crippen molar-refractivity contribution >= 4 is 17.3 Å². The molecule has 2 aromatic rings. The molecule has 5 heteroatoms. The highest BCUT2D eigenvalue weighted by Crippen LogP contribution is 2.17. The average Bonchev–Trinajstić information content (AvgIpc) is 2.33. The highest BCUT2D eigenvalue weighted by Gasteiger charge is 2.08. The van der Waals surface area contributed by atoms with Crippen LogP contribution >= 0.6 is 0 Å². The third-order valence-corrected chi connectivity index (χ3v) is 2.52. The van der Waals surface area contributed by atoms with E-state index in [1.54, 1.807) is 6.07 Å². The van der Waals surface area contributed by atoms with Crippen LogP contribution in [0.5, 0.6) is 0 Å². The Balaban J connectivity index is 2.05. The zero-order valence-corrected chi connectivity index (χ0v) is 9.99. The van der Waals surface area contributed by atoms with Gasteiger partial charge in [-0.3, -0.25) is 4.79 Å². The van der Waals surface area contributed by atoms with E-state index in [-0.39, 0.29) is 17.8 Å². The van der Waals surface area contributed by atoms with Crippen LogP contribution in [0.4, 0.5) is 20.2 Å². The summed E-state index contributed by atoms with van der Waals surface area (Å²) in [6.45, 7) is 0. The van der Waals surface area contributed by atoms with Crippen LogP contribution in [0.25, 0.3) is 0 Å². The SMILES string of the molecule is Nc1ccc(NC(=O)Cc2cccc(F)c2)c(F)c1. The summed E-state index contributed by atoms with van der Waals surface area (Å²) in [6, 6.07) is 9.69. The third kappa shape index (κ3) is 3.51. The number of carbonyl (C=O) groups excluding carboxylic acids is 1. The molecule has 0 aliphatic heterocycles. The summed E-state index contributed by atoms with van der Waals surface area (Å²) in [5, 5.41) is 2.41. The number of nitrogens with two attached hydrogens (primary N) is 1. The zero-order valence-electron chi connectivity index (χ0n) is 9.99. The van der Waals surface area contributed by atoms with Crippen molar-refractivity contribution in [3.8, 4) is 0 Å². The highest BCUT2D eigenvalue weighted by atomic mass is 19.1. The van der Waals surface area contributed by atoms with Gasteiger partial charge in [-0.05, 0) is 35.9 Å². The summed E-state index contributed by atoms with van der Waals surface area (Å²) in [6.07, 6.45) is -0.0262. The number of nitrogen functional groups attached to an aromatic ring is 1. The minimum Gasteiger partial charge on any atom is -0.399 e. The van der Waals surface area contributed by atoms with Gasteiger partial charge in [0.05, 0.1) is 12.1 Å². The maximum Gasteiger partial charge on any atom is 0.228 e. The van der Waals surface area contributed by atoms with E-state index in [2.05, 4.69) is 5.32 Å². The number of benzene rings is 2. The van der Waals surface area contributed by atoms with Crippen molar-refractivity contribution in [2.24, 2.45) is 0 Å². The first-order valence-corrected chi connectivity index (χ1v) is 5.64. The van der Waals surface area contributed by atoms with Crippen molar-refractivity contribution in [2.75, 3.05) is 11.1 Å². The molecule has 0 unspecified atom stereocenters. The normalized spacial score (nSPS) is 10.2. The monoisotopic (exact) mass is 262 g/mol. The van der Waals surface area contributed by atoms with Gasteiger partial charge in [0, 0.05) is 5.69 Å². The van der Waals surface area contributed by atoms with Crippen LogP contribution < -0.4 is 11.1 Å². The van der Waals surface area contributed by atoms with Gasteiger partial charge in [0.2, 0.25) is 5.91 Å². The van der Waals surface area contributed by atoms with Gasteiger partial charge in [-0.1, -0.05) is 12.1 Å². The molecule has 3 nitrogen and oxygen atoms in total. The Morgan fingerprint density at radius 1 is 1.16 bits per heavy atom. The second kappa shape index (κ2) is 5.48. The number of carbonyl (C=O) groups is 1. The van der Waals surface area contributed by atoms with Crippen LogP contribution in [0, 0.1) is 11.6 Å². The van der Waals surface area contributed by atoms with Crippen molar-refractivity contribution in [1.29, 1.82) is 0 Å². The van der Waals surface area contributed by atoms with Gasteiger partial charge in [0.1, 0.15) is 11.6 Å². The number of rotatable bonds is 3. The van der Waals surface area contributed by atoms with Gasteiger partial charge in [-0.2, -0.15) is 0 Å². The van der Waals surface area contributed by atoms with Crippen molar-refractivity contribution in [2.45, 2.75) is 6.42 Å². The minimum atomic E-state index is -0.604. The van der Waals surface area contributed by atoms with E-state index in [0.717, 1.165) is 6.07 Å². The maximum atomic E-state index is 13.5. The molecule has 0 saturated heterocycles. The third-order valence-electron chi connectivity index (χ3n) is 2.52. The van der Waals surface area contributed by atoms with Crippen molar-refractivity contribution in [1.82, 2.24) is 0 Å². The quantitative estimate of drug-likeness (QED) is 0.836. The van der Waals surface area contributed by atoms with E-state index >= 15 is 0 Å². The van der Waals surface area contributed by atoms with Gasteiger partial charge in [0.25, 0.3) is 0 Å². The number of nitrogens with one attached hydrogen (secondary N) is 1. The number of hydrogen-bond donors (Lipinski definition) is 2. The second-order valence-corrected chi connectivity index (χ2v) is 4.09. The number of halogens is 2. The molecule has 0 aliphatic carbocycles. The van der Waals surface area contributed by atoms with Gasteiger partial charge >= 0.3 is 0 Å². The molecule has 0 aromatic heterocycles. The Bertz CT molecular complexity index is 614. The lowest BCUT2D eigenvalue weighted by Gasteiger charge is -2.07. The molecular weight excluding hydrogens is 250 g/mol. The number of amides is 1. The lowest BCUT2D eigenvalue weighted by molar-refractivity contribution is -0.115. The van der Waals surface area contributed by atoms with E-state index < -0.39 is 17.5 Å². The predicted molar refractivity (Wildman–Crippen MR) is 69.5 cm³/mol. The molecule has 98 valence electrons. The van der Waals surface area contributed by atoms with E-state index in [9.17, 15) is 13.6 Å². The Morgan fingerprint density at radius 3 is 2.63 bits per heavy atom. The first kappa shape index (κ1) is 13.0. The maximum absolute atomic E-state index is 13.5. The summed E-state index contributed by atoms with van der Waals surface area (Å²) in [4.78, 5) is 11.7. The Hall–Kier alpha value is -2.43. The molecule has 1 amide bonds. The molecule has 0 fully saturated rings. The molecule has 2 aromatic carbocycles. The van der Waals surface area contributed by atoms with E-state index in [0.29, 0.717) is 5.56 Å². The predicted octanol–water partition coefficient (Wildman–Crippen LogP) is 2.73. The van der Waals surface area contributed by atoms with Crippen molar-refractivity contribution in [3.63, 3.8) is 0 Å². The highest BCUT2D eigenvalue weighted by molar-refractivity contribution is 5.92. The molecule has 0 radical (unpaired) electrons. The topological polar surface area (TPSA) is 55.1 Å². The average molecular weight is 262 g/mol. The van der Waals surface area contributed by atoms with Crippen LogP contribution in [0.3, 0.4) is 0 Å². The molecule has 3 N–H and O–H groups in total. The number of hydrogen-bond acceptors (Lipinski definition) is 2. The Labute approximate surface area is 109 Å². The molecule has 19 heavy (non-hydrogen) atoms. The largest absolute Gasteiger partial charge is 0.399 e. The first-order chi connectivity index (χ1) is 9.04. The minimum absolute atomic E-state index is 0.0262. The van der Waals surface area contributed by atoms with E-state index in [1.165, 1.54) is 30.3 Å². The molecule has 2 rings (SSSR count). The first-order valence-electron chi connectivity index (χ1n) is 5.64. The fourth-order valence-corrected chi connectivity index (χ4v) is 1.66. The zero-order chi connectivity index (χ0) is 13.8. The van der Waals surface area contributed by atoms with Crippen molar-refractivity contribution in [3.05, 3.63) is 59.7 Å². The molecular formula is C14H12F2N2O. The second-order valence-electron chi connectivity index (χ2n) is 4.09. The Kier molecular flexibility index (Phi) is 3.75. The van der Waals surface area contributed by atoms with Crippen LogP contribution in [0.2, 0.25) is 0 Å². The molecule has 0 spiro atoms. The summed E-state index contributed by atoms with van der Waals surface area (Å²) in [7, 11) is 0. The summed E-state index contributed by atoms with van der Waals surface area (Å²) in [5.74, 6) is -1.44. The lowest BCUT2D eigenvalue weighted by Crippen LogP contribution is -2.15. The Morgan fingerprint density at radius 2 is 1.95 bits per heavy atom. The molecule has 0 saturated carbocycles. The van der Waals surface area contributed by atoms with Gasteiger partial charge < -0.3 is 11.1 Å². The van der Waals surface area contributed by atoms with E-state index in [4.69, 9.17) is 5.73 Å². The van der Waals surface area contributed by atoms with Gasteiger partial charge in [-0.25, -0.2) is 8.78 Å². The van der Waals surface area contributed by atoms with Gasteiger partial charge in [-0.15, -0.1) is 0 Å². The molecule has 0 aliphatic rings. The van der Waals surface area contributed by atoms with Gasteiger partial charge in [0.15, 0.2) is 0 Å².